The Labute approximate surface area is 66.6 Å². The zero-order chi connectivity index (χ0) is 6.85. The lowest BCUT2D eigenvalue weighted by Gasteiger charge is -1.88. The van der Waals surface area contributed by atoms with E-state index in [0.29, 0.717) is 6.54 Å². The molecule has 1 aromatic rings. The maximum absolute atomic E-state index is 5.36. The van der Waals surface area contributed by atoms with Crippen LogP contribution in [-0.4, -0.2) is 9.78 Å². The first-order valence-electron chi connectivity index (χ1n) is 2.93. The molecular formula is C6H12ClN3. The molecular weight excluding hydrogens is 150 g/mol. The Kier molecular flexibility index (Phi) is 3.39. The van der Waals surface area contributed by atoms with E-state index in [2.05, 4.69) is 5.10 Å². The first kappa shape index (κ1) is 9.46. The van der Waals surface area contributed by atoms with Gasteiger partial charge in [0.2, 0.25) is 0 Å². The van der Waals surface area contributed by atoms with Gasteiger partial charge in [-0.2, -0.15) is 5.10 Å². The lowest BCUT2D eigenvalue weighted by Crippen LogP contribution is -1.98. The van der Waals surface area contributed by atoms with Crippen molar-refractivity contribution >= 4 is 12.4 Å². The Bertz CT molecular complexity index is 187. The number of rotatable bonds is 1. The van der Waals surface area contributed by atoms with Gasteiger partial charge in [-0.1, -0.05) is 0 Å². The standard InChI is InChI=1S/C6H11N3.ClH/c1-5-3-6(4-7)8-9(5)2;/h3H,4,7H2,1-2H3;1H. The second-order valence-corrected chi connectivity index (χ2v) is 2.10. The van der Waals surface area contributed by atoms with Gasteiger partial charge in [-0.25, -0.2) is 0 Å². The van der Waals surface area contributed by atoms with Crippen LogP contribution in [0, 0.1) is 6.92 Å². The molecule has 3 nitrogen and oxygen atoms in total. The van der Waals surface area contributed by atoms with Crippen LogP contribution in [0.15, 0.2) is 6.07 Å². The molecule has 0 amide bonds. The zero-order valence-electron chi connectivity index (χ0n) is 6.16. The Balaban J connectivity index is 0.000000810. The first-order chi connectivity index (χ1) is 4.24. The highest BCUT2D eigenvalue weighted by Crippen LogP contribution is 1.98. The van der Waals surface area contributed by atoms with E-state index in [1.54, 1.807) is 0 Å². The molecule has 0 unspecified atom stereocenters. The highest BCUT2D eigenvalue weighted by Gasteiger charge is 1.95. The first-order valence-corrected chi connectivity index (χ1v) is 2.93. The summed E-state index contributed by atoms with van der Waals surface area (Å²) in [4.78, 5) is 0. The maximum atomic E-state index is 5.36. The summed E-state index contributed by atoms with van der Waals surface area (Å²) in [6.07, 6.45) is 0. The molecule has 1 heterocycles. The molecule has 1 rings (SSSR count). The molecule has 1 aromatic heterocycles. The maximum Gasteiger partial charge on any atom is 0.0762 e. The largest absolute Gasteiger partial charge is 0.325 e. The fraction of sp³-hybridized carbons (Fsp3) is 0.500. The minimum absolute atomic E-state index is 0. The Hall–Kier alpha value is -0.540. The average molecular weight is 162 g/mol. The molecule has 0 fully saturated rings. The van der Waals surface area contributed by atoms with Gasteiger partial charge in [-0.3, -0.25) is 4.68 Å². The number of hydrogen-bond donors (Lipinski definition) is 1. The lowest BCUT2D eigenvalue weighted by molar-refractivity contribution is 0.721. The molecule has 0 aliphatic rings. The van der Waals surface area contributed by atoms with Crippen LogP contribution in [-0.2, 0) is 13.6 Å². The van der Waals surface area contributed by atoms with E-state index in [1.165, 1.54) is 0 Å². The van der Waals surface area contributed by atoms with Crippen LogP contribution in [0.2, 0.25) is 0 Å². The second-order valence-electron chi connectivity index (χ2n) is 2.10. The van der Waals surface area contributed by atoms with Crippen LogP contribution in [0.4, 0.5) is 0 Å². The minimum atomic E-state index is 0. The molecule has 4 heteroatoms. The molecule has 0 radical (unpaired) electrons. The molecule has 58 valence electrons. The van der Waals surface area contributed by atoms with Crippen molar-refractivity contribution in [2.45, 2.75) is 13.5 Å². The summed E-state index contributed by atoms with van der Waals surface area (Å²) in [5, 5.41) is 4.12. The zero-order valence-corrected chi connectivity index (χ0v) is 6.98. The third-order valence-electron chi connectivity index (χ3n) is 1.37. The van der Waals surface area contributed by atoms with Crippen LogP contribution in [0.25, 0.3) is 0 Å². The van der Waals surface area contributed by atoms with Gasteiger partial charge in [0, 0.05) is 19.3 Å². The molecule has 0 aliphatic heterocycles. The van der Waals surface area contributed by atoms with Gasteiger partial charge >= 0.3 is 0 Å². The number of aryl methyl sites for hydroxylation is 2. The molecule has 2 N–H and O–H groups in total. The van der Waals surface area contributed by atoms with Crippen LogP contribution >= 0.6 is 12.4 Å². The summed E-state index contributed by atoms with van der Waals surface area (Å²) < 4.78 is 1.82. The number of nitrogens with zero attached hydrogens (tertiary/aromatic N) is 2. The minimum Gasteiger partial charge on any atom is -0.325 e. The normalized spacial score (nSPS) is 9.10. The lowest BCUT2D eigenvalue weighted by atomic mass is 10.4. The van der Waals surface area contributed by atoms with Gasteiger partial charge in [0.1, 0.15) is 0 Å². The SMILES string of the molecule is Cc1cc(CN)nn1C.Cl. The number of hydrogen-bond acceptors (Lipinski definition) is 2. The monoisotopic (exact) mass is 161 g/mol. The quantitative estimate of drug-likeness (QED) is 0.656. The highest BCUT2D eigenvalue weighted by atomic mass is 35.5. The number of halogens is 1. The highest BCUT2D eigenvalue weighted by molar-refractivity contribution is 5.85. The van der Waals surface area contributed by atoms with Crippen molar-refractivity contribution in [2.75, 3.05) is 0 Å². The predicted octanol–water partition coefficient (Wildman–Crippen LogP) is 0.609. The van der Waals surface area contributed by atoms with E-state index in [0.717, 1.165) is 11.4 Å². The molecule has 0 spiro atoms. The van der Waals surface area contributed by atoms with Crippen molar-refractivity contribution in [3.63, 3.8) is 0 Å². The summed E-state index contributed by atoms with van der Waals surface area (Å²) in [7, 11) is 1.91. The summed E-state index contributed by atoms with van der Waals surface area (Å²) in [6.45, 7) is 2.54. The van der Waals surface area contributed by atoms with E-state index >= 15 is 0 Å². The smallest absolute Gasteiger partial charge is 0.0762 e. The predicted molar refractivity (Wildman–Crippen MR) is 43.1 cm³/mol. The van der Waals surface area contributed by atoms with Gasteiger partial charge in [-0.05, 0) is 13.0 Å². The van der Waals surface area contributed by atoms with Crippen LogP contribution in [0.5, 0.6) is 0 Å². The molecule has 0 saturated heterocycles. The third-order valence-corrected chi connectivity index (χ3v) is 1.37. The van der Waals surface area contributed by atoms with Gasteiger partial charge < -0.3 is 5.73 Å². The third kappa shape index (κ3) is 1.72. The Morgan fingerprint density at radius 3 is 2.50 bits per heavy atom. The number of nitrogens with two attached hydrogens (primary N) is 1. The molecule has 0 bridgehead atoms. The Morgan fingerprint density at radius 1 is 1.70 bits per heavy atom. The van der Waals surface area contributed by atoms with Crippen molar-refractivity contribution < 1.29 is 0 Å². The van der Waals surface area contributed by atoms with Gasteiger partial charge in [-0.15, -0.1) is 12.4 Å². The topological polar surface area (TPSA) is 43.8 Å². The Morgan fingerprint density at radius 2 is 2.30 bits per heavy atom. The van der Waals surface area contributed by atoms with Crippen LogP contribution < -0.4 is 5.73 Å². The van der Waals surface area contributed by atoms with Gasteiger partial charge in [0.25, 0.3) is 0 Å². The van der Waals surface area contributed by atoms with Crippen molar-refractivity contribution in [1.29, 1.82) is 0 Å². The van der Waals surface area contributed by atoms with Crippen LogP contribution in [0.3, 0.4) is 0 Å². The van der Waals surface area contributed by atoms with Crippen molar-refractivity contribution in [3.8, 4) is 0 Å². The van der Waals surface area contributed by atoms with E-state index in [1.807, 2.05) is 24.7 Å². The van der Waals surface area contributed by atoms with Crippen molar-refractivity contribution in [3.05, 3.63) is 17.5 Å². The average Bonchev–Trinajstić information content (AvgIpc) is 2.13. The van der Waals surface area contributed by atoms with E-state index < -0.39 is 0 Å². The molecule has 0 aliphatic carbocycles. The van der Waals surface area contributed by atoms with E-state index in [9.17, 15) is 0 Å². The van der Waals surface area contributed by atoms with E-state index in [4.69, 9.17) is 5.73 Å². The van der Waals surface area contributed by atoms with Crippen molar-refractivity contribution in [2.24, 2.45) is 12.8 Å². The second kappa shape index (κ2) is 3.58. The van der Waals surface area contributed by atoms with Gasteiger partial charge in [0.15, 0.2) is 0 Å². The summed E-state index contributed by atoms with van der Waals surface area (Å²) in [5.41, 5.74) is 7.46. The fourth-order valence-corrected chi connectivity index (χ4v) is 0.735. The molecule has 0 saturated carbocycles. The molecule has 10 heavy (non-hydrogen) atoms. The fourth-order valence-electron chi connectivity index (χ4n) is 0.735. The van der Waals surface area contributed by atoms with Crippen molar-refractivity contribution in [1.82, 2.24) is 9.78 Å². The van der Waals surface area contributed by atoms with Gasteiger partial charge in [0.05, 0.1) is 5.69 Å². The molecule has 0 aromatic carbocycles. The van der Waals surface area contributed by atoms with Crippen LogP contribution in [0.1, 0.15) is 11.4 Å². The summed E-state index contributed by atoms with van der Waals surface area (Å²) in [5.74, 6) is 0. The summed E-state index contributed by atoms with van der Waals surface area (Å²) >= 11 is 0. The summed E-state index contributed by atoms with van der Waals surface area (Å²) in [6, 6.07) is 1.99. The molecule has 0 atom stereocenters. The van der Waals surface area contributed by atoms with E-state index in [-0.39, 0.29) is 12.4 Å². The number of aromatic nitrogens is 2.